The molecule has 50 heavy (non-hydrogen) atoms. The van der Waals surface area contributed by atoms with E-state index in [4.69, 9.17) is 14.5 Å². The van der Waals surface area contributed by atoms with E-state index in [0.29, 0.717) is 18.5 Å². The monoisotopic (exact) mass is 682 g/mol. The van der Waals surface area contributed by atoms with Crippen LogP contribution in [-0.4, -0.2) is 101 Å². The van der Waals surface area contributed by atoms with E-state index in [-0.39, 0.29) is 36.5 Å². The van der Waals surface area contributed by atoms with E-state index in [1.807, 2.05) is 40.0 Å². The van der Waals surface area contributed by atoms with Crippen molar-refractivity contribution in [3.8, 4) is 5.75 Å². The van der Waals surface area contributed by atoms with Crippen molar-refractivity contribution < 1.29 is 28.7 Å². The maximum absolute atomic E-state index is 13.0. The molecule has 0 spiro atoms. The average molecular weight is 683 g/mol. The molecule has 1 unspecified atom stereocenters. The minimum Gasteiger partial charge on any atom is -0.489 e. The van der Waals surface area contributed by atoms with E-state index in [2.05, 4.69) is 45.4 Å². The van der Waals surface area contributed by atoms with Gasteiger partial charge in [-0.2, -0.15) is 0 Å². The molecule has 264 valence electrons. The summed E-state index contributed by atoms with van der Waals surface area (Å²) in [7, 11) is 1.83. The summed E-state index contributed by atoms with van der Waals surface area (Å²) in [5, 5.41) is 3.46. The molecule has 3 fully saturated rings. The van der Waals surface area contributed by atoms with Crippen molar-refractivity contribution in [2.75, 3.05) is 38.1 Å². The first-order chi connectivity index (χ1) is 23.9. The molecule has 1 N–H and O–H groups in total. The van der Waals surface area contributed by atoms with Crippen LogP contribution in [0.3, 0.4) is 0 Å². The second-order valence-corrected chi connectivity index (χ2v) is 15.0. The number of pyridine rings is 1. The van der Waals surface area contributed by atoms with Crippen LogP contribution in [0.5, 0.6) is 5.75 Å². The zero-order valence-corrected chi connectivity index (χ0v) is 29.3. The number of likely N-dealkylation sites (tertiary alicyclic amines) is 1. The molecule has 2 aromatic carbocycles. The molecule has 12 nitrogen and oxygen atoms in total. The lowest BCUT2D eigenvalue weighted by molar-refractivity contribution is -0.136. The van der Waals surface area contributed by atoms with E-state index < -0.39 is 17.6 Å². The highest BCUT2D eigenvalue weighted by molar-refractivity contribution is 6.05. The standard InChI is InChI=1S/C38H46N6O6/c1-38(2,3)50-37(48)41(4)27-13-17-43(18-14-27)33-11-6-25-19-24(5-9-31(25)39-33)21-42-16-15-29(23-42)49-28-7-8-30-26(20-28)22-44(36(30)47)32-10-12-34(45)40-35(32)46/h5-9,11,19-20,27,29,32H,10,12-18,21-23H2,1-4H3,(H,40,45,46)/t29-,32?/m0/s1. The molecule has 1 aromatic heterocycles. The van der Waals surface area contributed by atoms with Gasteiger partial charge in [-0.25, -0.2) is 9.78 Å². The van der Waals surface area contributed by atoms with Crippen LogP contribution in [-0.2, 0) is 27.4 Å². The predicted molar refractivity (Wildman–Crippen MR) is 188 cm³/mol. The number of amides is 4. The molecular formula is C38H46N6O6. The third-order valence-electron chi connectivity index (χ3n) is 10.2. The third kappa shape index (κ3) is 7.26. The summed E-state index contributed by atoms with van der Waals surface area (Å²) in [6.07, 6.45) is 2.98. The van der Waals surface area contributed by atoms with Crippen molar-refractivity contribution in [1.82, 2.24) is 25.0 Å². The van der Waals surface area contributed by atoms with Gasteiger partial charge >= 0.3 is 6.09 Å². The van der Waals surface area contributed by atoms with Gasteiger partial charge in [-0.3, -0.25) is 24.6 Å². The second kappa shape index (κ2) is 13.5. The third-order valence-corrected chi connectivity index (χ3v) is 10.2. The molecule has 4 amide bonds. The molecule has 12 heteroatoms. The van der Waals surface area contributed by atoms with Gasteiger partial charge < -0.3 is 24.2 Å². The highest BCUT2D eigenvalue weighted by Gasteiger charge is 2.39. The van der Waals surface area contributed by atoms with Gasteiger partial charge in [-0.05, 0) is 100 Å². The number of carbonyl (C=O) groups excluding carboxylic acids is 4. The fraction of sp³-hybridized carbons (Fsp3) is 0.500. The Balaban J connectivity index is 0.907. The molecule has 0 bridgehead atoms. The number of aromatic nitrogens is 1. The van der Waals surface area contributed by atoms with Crippen molar-refractivity contribution >= 4 is 40.5 Å². The summed E-state index contributed by atoms with van der Waals surface area (Å²) in [5.41, 5.74) is 3.11. The summed E-state index contributed by atoms with van der Waals surface area (Å²) in [6.45, 7) is 10.2. The number of carbonyl (C=O) groups is 4. The molecule has 3 aromatic rings. The topological polar surface area (TPSA) is 125 Å². The largest absolute Gasteiger partial charge is 0.489 e. The maximum Gasteiger partial charge on any atom is 0.410 e. The SMILES string of the molecule is CN(C(=O)OC(C)(C)C)C1CCN(c2ccc3cc(CN4CC[C@H](Oc5ccc6c(c5)CN(C5CCC(=O)NC5=O)C6=O)C4)ccc3n2)CC1. The van der Waals surface area contributed by atoms with Gasteiger partial charge in [0, 0.05) is 69.7 Å². The van der Waals surface area contributed by atoms with Crippen LogP contribution in [0.25, 0.3) is 10.9 Å². The summed E-state index contributed by atoms with van der Waals surface area (Å²) in [4.78, 5) is 62.5. The lowest BCUT2D eigenvalue weighted by Gasteiger charge is -2.37. The summed E-state index contributed by atoms with van der Waals surface area (Å²) >= 11 is 0. The number of piperidine rings is 2. The number of imide groups is 1. The lowest BCUT2D eigenvalue weighted by Crippen LogP contribution is -2.52. The number of anilines is 1. The average Bonchev–Trinajstić information content (AvgIpc) is 3.66. The second-order valence-electron chi connectivity index (χ2n) is 15.0. The Morgan fingerprint density at radius 1 is 0.980 bits per heavy atom. The molecular weight excluding hydrogens is 636 g/mol. The Kier molecular flexibility index (Phi) is 9.15. The number of rotatable bonds is 7. The number of benzene rings is 2. The van der Waals surface area contributed by atoms with Crippen LogP contribution in [0.15, 0.2) is 48.5 Å². The van der Waals surface area contributed by atoms with Crippen LogP contribution in [0, 0.1) is 0 Å². The number of hydrogen-bond donors (Lipinski definition) is 1. The van der Waals surface area contributed by atoms with E-state index in [0.717, 1.165) is 80.0 Å². The quantitative estimate of drug-likeness (QED) is 0.359. The highest BCUT2D eigenvalue weighted by atomic mass is 16.6. The molecule has 0 aliphatic carbocycles. The van der Waals surface area contributed by atoms with Crippen LogP contribution in [0.1, 0.15) is 74.4 Å². The molecule has 3 saturated heterocycles. The smallest absolute Gasteiger partial charge is 0.410 e. The molecule has 4 aliphatic rings. The summed E-state index contributed by atoms with van der Waals surface area (Å²) in [6, 6.07) is 15.8. The number of fused-ring (bicyclic) bond motifs is 2. The molecule has 7 rings (SSSR count). The lowest BCUT2D eigenvalue weighted by atomic mass is 10.0. The van der Waals surface area contributed by atoms with Crippen molar-refractivity contribution in [1.29, 1.82) is 0 Å². The van der Waals surface area contributed by atoms with Crippen LogP contribution < -0.4 is 15.0 Å². The minimum absolute atomic E-state index is 0.0362. The fourth-order valence-electron chi connectivity index (χ4n) is 7.52. The Hall–Kier alpha value is -4.71. The first-order valence-corrected chi connectivity index (χ1v) is 17.7. The van der Waals surface area contributed by atoms with Gasteiger partial charge in [0.05, 0.1) is 5.52 Å². The van der Waals surface area contributed by atoms with Crippen molar-refractivity contribution in [2.24, 2.45) is 0 Å². The molecule has 2 atom stereocenters. The summed E-state index contributed by atoms with van der Waals surface area (Å²) in [5.74, 6) is 0.803. The summed E-state index contributed by atoms with van der Waals surface area (Å²) < 4.78 is 11.9. The first-order valence-electron chi connectivity index (χ1n) is 17.7. The van der Waals surface area contributed by atoms with Gasteiger partial charge in [0.25, 0.3) is 5.91 Å². The predicted octanol–water partition coefficient (Wildman–Crippen LogP) is 4.48. The molecule has 0 radical (unpaired) electrons. The zero-order chi connectivity index (χ0) is 35.2. The van der Waals surface area contributed by atoms with E-state index in [9.17, 15) is 19.2 Å². The normalized spacial score (nSPS) is 21.8. The Labute approximate surface area is 292 Å². The van der Waals surface area contributed by atoms with E-state index >= 15 is 0 Å². The Morgan fingerprint density at radius 2 is 1.78 bits per heavy atom. The fourth-order valence-corrected chi connectivity index (χ4v) is 7.52. The Morgan fingerprint density at radius 3 is 2.54 bits per heavy atom. The first kappa shape index (κ1) is 33.8. The molecule has 5 heterocycles. The van der Waals surface area contributed by atoms with E-state index in [1.165, 1.54) is 5.56 Å². The van der Waals surface area contributed by atoms with Gasteiger partial charge in [0.15, 0.2) is 0 Å². The van der Waals surface area contributed by atoms with Gasteiger partial charge in [0.2, 0.25) is 11.8 Å². The number of nitrogens with one attached hydrogen (secondary N) is 1. The number of hydrogen-bond acceptors (Lipinski definition) is 9. The minimum atomic E-state index is -0.628. The van der Waals surface area contributed by atoms with Crippen LogP contribution in [0.4, 0.5) is 10.6 Å². The van der Waals surface area contributed by atoms with Gasteiger partial charge in [-0.1, -0.05) is 6.07 Å². The Bertz CT molecular complexity index is 1810. The van der Waals surface area contributed by atoms with Crippen LogP contribution >= 0.6 is 0 Å². The molecule has 4 aliphatic heterocycles. The van der Waals surface area contributed by atoms with Crippen molar-refractivity contribution in [2.45, 2.75) is 89.8 Å². The highest BCUT2D eigenvalue weighted by Crippen LogP contribution is 2.32. The maximum atomic E-state index is 13.0. The van der Waals surface area contributed by atoms with Crippen molar-refractivity contribution in [3.05, 3.63) is 65.2 Å². The van der Waals surface area contributed by atoms with Crippen LogP contribution in [0.2, 0.25) is 0 Å². The van der Waals surface area contributed by atoms with Crippen molar-refractivity contribution in [3.63, 3.8) is 0 Å². The van der Waals surface area contributed by atoms with Gasteiger partial charge in [-0.15, -0.1) is 0 Å². The van der Waals surface area contributed by atoms with E-state index in [1.54, 1.807) is 15.9 Å². The zero-order valence-electron chi connectivity index (χ0n) is 29.3. The number of ether oxygens (including phenoxy) is 2. The van der Waals surface area contributed by atoms with Gasteiger partial charge in [0.1, 0.15) is 29.3 Å². The number of nitrogens with zero attached hydrogens (tertiary/aromatic N) is 5. The molecule has 0 saturated carbocycles.